The van der Waals surface area contributed by atoms with Gasteiger partial charge in [-0.15, -0.1) is 0 Å². The number of ether oxygens (including phenoxy) is 2. The summed E-state index contributed by atoms with van der Waals surface area (Å²) in [7, 11) is 1.69. The van der Waals surface area contributed by atoms with Crippen LogP contribution in [0.2, 0.25) is 0 Å². The van der Waals surface area contributed by atoms with E-state index in [4.69, 9.17) is 9.47 Å². The molecule has 0 aromatic heterocycles. The second-order valence-electron chi connectivity index (χ2n) is 6.89. The highest BCUT2D eigenvalue weighted by molar-refractivity contribution is 5.81. The molecule has 0 saturated carbocycles. The maximum atomic E-state index is 12.5. The molecule has 2 aliphatic rings. The van der Waals surface area contributed by atoms with Gasteiger partial charge in [0.25, 0.3) is 0 Å². The summed E-state index contributed by atoms with van der Waals surface area (Å²) in [4.78, 5) is 14.5. The first-order valence-corrected chi connectivity index (χ1v) is 8.97. The fraction of sp³-hybridized carbons (Fsp3) is 0.632. The molecule has 5 nitrogen and oxygen atoms in total. The number of nitrogens with zero attached hydrogens (tertiary/aromatic N) is 1. The van der Waals surface area contributed by atoms with Gasteiger partial charge >= 0.3 is 0 Å². The van der Waals surface area contributed by atoms with Crippen molar-refractivity contribution in [3.8, 4) is 11.5 Å². The molecule has 2 atom stereocenters. The number of fused-ring (bicyclic) bond motifs is 1. The van der Waals surface area contributed by atoms with Crippen LogP contribution >= 0.6 is 0 Å². The van der Waals surface area contributed by atoms with Crippen LogP contribution in [0.15, 0.2) is 12.1 Å². The molecule has 1 fully saturated rings. The third-order valence-electron chi connectivity index (χ3n) is 4.94. The predicted octanol–water partition coefficient (Wildman–Crippen LogP) is 2.51. The van der Waals surface area contributed by atoms with Crippen molar-refractivity contribution >= 4 is 5.91 Å². The van der Waals surface area contributed by atoms with Crippen LogP contribution in [-0.2, 0) is 17.8 Å². The number of nitrogens with one attached hydrogen (secondary N) is 1. The first-order valence-electron chi connectivity index (χ1n) is 8.97. The minimum atomic E-state index is -0.194. The molecular weight excluding hydrogens is 304 g/mol. The highest BCUT2D eigenvalue weighted by Gasteiger charge is 2.24. The number of rotatable bonds is 5. The van der Waals surface area contributed by atoms with Gasteiger partial charge in [-0.1, -0.05) is 0 Å². The van der Waals surface area contributed by atoms with Crippen molar-refractivity contribution in [1.29, 1.82) is 0 Å². The summed E-state index contributed by atoms with van der Waals surface area (Å²) >= 11 is 0. The van der Waals surface area contributed by atoms with Gasteiger partial charge in [-0.05, 0) is 45.2 Å². The van der Waals surface area contributed by atoms with Gasteiger partial charge in [0, 0.05) is 37.2 Å². The number of methoxy groups -OCH3 is 1. The zero-order valence-corrected chi connectivity index (χ0v) is 14.9. The summed E-state index contributed by atoms with van der Waals surface area (Å²) < 4.78 is 11.4. The summed E-state index contributed by atoms with van der Waals surface area (Å²) in [6.45, 7) is 6.38. The molecule has 2 aliphatic heterocycles. The fourth-order valence-electron chi connectivity index (χ4n) is 3.55. The Bertz CT molecular complexity index is 597. The first kappa shape index (κ1) is 17.1. The van der Waals surface area contributed by atoms with Gasteiger partial charge in [-0.3, -0.25) is 4.79 Å². The molecule has 1 amide bonds. The Morgan fingerprint density at radius 3 is 2.83 bits per heavy atom. The van der Waals surface area contributed by atoms with Crippen molar-refractivity contribution in [2.75, 3.05) is 20.2 Å². The zero-order valence-electron chi connectivity index (χ0n) is 14.9. The second kappa shape index (κ2) is 7.43. The summed E-state index contributed by atoms with van der Waals surface area (Å²) in [5, 5.41) is 3.35. The maximum absolute atomic E-state index is 12.5. The fourth-order valence-corrected chi connectivity index (χ4v) is 3.55. The lowest BCUT2D eigenvalue weighted by Gasteiger charge is -2.29. The van der Waals surface area contributed by atoms with Crippen molar-refractivity contribution in [2.45, 2.75) is 58.2 Å². The number of carbonyl (C=O) groups excluding carboxylic acids is 1. The van der Waals surface area contributed by atoms with Gasteiger partial charge in [0.15, 0.2) is 0 Å². The molecule has 132 valence electrons. The molecule has 2 heterocycles. The van der Waals surface area contributed by atoms with Crippen LogP contribution in [0, 0.1) is 0 Å². The van der Waals surface area contributed by atoms with Gasteiger partial charge in [0.2, 0.25) is 5.91 Å². The summed E-state index contributed by atoms with van der Waals surface area (Å²) in [6.07, 6.45) is 4.60. The van der Waals surface area contributed by atoms with Crippen LogP contribution in [0.4, 0.5) is 0 Å². The van der Waals surface area contributed by atoms with E-state index >= 15 is 0 Å². The summed E-state index contributed by atoms with van der Waals surface area (Å²) in [6, 6.07) is 3.91. The molecular formula is C19H28N2O3. The topological polar surface area (TPSA) is 50.8 Å². The van der Waals surface area contributed by atoms with Crippen molar-refractivity contribution < 1.29 is 14.3 Å². The van der Waals surface area contributed by atoms with E-state index in [9.17, 15) is 4.79 Å². The number of benzene rings is 1. The van der Waals surface area contributed by atoms with E-state index in [0.29, 0.717) is 6.54 Å². The third-order valence-corrected chi connectivity index (χ3v) is 4.94. The number of hydrogen-bond acceptors (Lipinski definition) is 4. The van der Waals surface area contributed by atoms with Crippen LogP contribution in [0.25, 0.3) is 0 Å². The van der Waals surface area contributed by atoms with Crippen molar-refractivity contribution in [1.82, 2.24) is 10.2 Å². The molecule has 24 heavy (non-hydrogen) atoms. The van der Waals surface area contributed by atoms with Gasteiger partial charge in [0.1, 0.15) is 17.6 Å². The maximum Gasteiger partial charge on any atom is 0.239 e. The van der Waals surface area contributed by atoms with Gasteiger partial charge in [-0.25, -0.2) is 0 Å². The smallest absolute Gasteiger partial charge is 0.239 e. The quantitative estimate of drug-likeness (QED) is 0.900. The Morgan fingerprint density at radius 2 is 2.12 bits per heavy atom. The Hall–Kier alpha value is -1.75. The highest BCUT2D eigenvalue weighted by Crippen LogP contribution is 2.34. The zero-order chi connectivity index (χ0) is 17.1. The van der Waals surface area contributed by atoms with E-state index in [-0.39, 0.29) is 18.1 Å². The SMILES string of the molecule is COc1cc2c(cc1CN[C@@H](C)C(=O)N1CCCCC1)O[C@H](C)C2. The second-order valence-corrected chi connectivity index (χ2v) is 6.89. The predicted molar refractivity (Wildman–Crippen MR) is 93.5 cm³/mol. The monoisotopic (exact) mass is 332 g/mol. The summed E-state index contributed by atoms with van der Waals surface area (Å²) in [5.41, 5.74) is 2.23. The van der Waals surface area contributed by atoms with Crippen LogP contribution in [0.1, 0.15) is 44.2 Å². The van der Waals surface area contributed by atoms with E-state index in [2.05, 4.69) is 18.3 Å². The van der Waals surface area contributed by atoms with E-state index in [1.54, 1.807) is 7.11 Å². The molecule has 0 bridgehead atoms. The molecule has 0 radical (unpaired) electrons. The largest absolute Gasteiger partial charge is 0.496 e. The van der Waals surface area contributed by atoms with Gasteiger partial charge < -0.3 is 19.7 Å². The van der Waals surface area contributed by atoms with Crippen molar-refractivity contribution in [3.05, 3.63) is 23.3 Å². The molecule has 0 aliphatic carbocycles. The van der Waals surface area contributed by atoms with Crippen molar-refractivity contribution in [3.63, 3.8) is 0 Å². The Balaban J connectivity index is 1.63. The van der Waals surface area contributed by atoms with E-state index in [1.165, 1.54) is 12.0 Å². The van der Waals surface area contributed by atoms with Crippen molar-refractivity contribution in [2.24, 2.45) is 0 Å². The Kier molecular flexibility index (Phi) is 5.29. The van der Waals surface area contributed by atoms with Crippen LogP contribution in [-0.4, -0.2) is 43.2 Å². The molecule has 1 aromatic carbocycles. The minimum absolute atomic E-state index is 0.194. The van der Waals surface area contributed by atoms with Crippen LogP contribution < -0.4 is 14.8 Å². The lowest BCUT2D eigenvalue weighted by Crippen LogP contribution is -2.46. The van der Waals surface area contributed by atoms with Gasteiger partial charge in [-0.2, -0.15) is 0 Å². The van der Waals surface area contributed by atoms with E-state index in [1.807, 2.05) is 17.9 Å². The van der Waals surface area contributed by atoms with E-state index < -0.39 is 0 Å². The average Bonchev–Trinajstić information content (AvgIpc) is 2.97. The molecule has 1 N–H and O–H groups in total. The molecule has 3 rings (SSSR count). The lowest BCUT2D eigenvalue weighted by atomic mass is 10.1. The highest BCUT2D eigenvalue weighted by atomic mass is 16.5. The first-order chi connectivity index (χ1) is 11.6. The summed E-state index contributed by atoms with van der Waals surface area (Å²) in [5.74, 6) is 1.99. The number of hydrogen-bond donors (Lipinski definition) is 1. The Morgan fingerprint density at radius 1 is 1.38 bits per heavy atom. The molecule has 1 aromatic rings. The average molecular weight is 332 g/mol. The van der Waals surface area contributed by atoms with Crippen LogP contribution in [0.3, 0.4) is 0 Å². The lowest BCUT2D eigenvalue weighted by molar-refractivity contribution is -0.133. The normalized spacial score (nSPS) is 21.1. The Labute approximate surface area is 144 Å². The minimum Gasteiger partial charge on any atom is -0.496 e. The van der Waals surface area contributed by atoms with Gasteiger partial charge in [0.05, 0.1) is 13.2 Å². The van der Waals surface area contributed by atoms with Crippen LogP contribution in [0.5, 0.6) is 11.5 Å². The molecule has 0 unspecified atom stereocenters. The molecule has 1 saturated heterocycles. The molecule has 0 spiro atoms. The third kappa shape index (κ3) is 3.66. The van der Waals surface area contributed by atoms with E-state index in [0.717, 1.165) is 49.4 Å². The number of amides is 1. The number of likely N-dealkylation sites (tertiary alicyclic amines) is 1. The molecule has 5 heteroatoms. The standard InChI is InChI=1S/C19H28N2O3/c1-13-9-15-10-17(23-3)16(11-18(15)24-13)12-20-14(2)19(22)21-7-5-4-6-8-21/h10-11,13-14,20H,4-9,12H2,1-3H3/t13-,14+/m1/s1. The number of piperidine rings is 1. The number of carbonyl (C=O) groups is 1.